The molecule has 2 aromatic heterocycles. The quantitative estimate of drug-likeness (QED) is 0.795. The van der Waals surface area contributed by atoms with E-state index >= 15 is 0 Å². The summed E-state index contributed by atoms with van der Waals surface area (Å²) in [5.74, 6) is -0.153. The van der Waals surface area contributed by atoms with Gasteiger partial charge in [-0.3, -0.25) is 10.1 Å². The van der Waals surface area contributed by atoms with Crippen LogP contribution in [0.25, 0.3) is 10.2 Å². The fourth-order valence-electron chi connectivity index (χ4n) is 1.80. The molecule has 0 atom stereocenters. The molecule has 7 nitrogen and oxygen atoms in total. The Kier molecular flexibility index (Phi) is 3.84. The summed E-state index contributed by atoms with van der Waals surface area (Å²) in [6.07, 6.45) is 0. The molecule has 1 N–H and O–H groups in total. The number of thiazole rings is 1. The van der Waals surface area contributed by atoms with Crippen LogP contribution in [0.1, 0.15) is 10.5 Å². The number of ether oxygens (including phenoxy) is 2. The molecule has 1 aromatic carbocycles. The molecule has 0 saturated heterocycles. The van der Waals surface area contributed by atoms with Crippen molar-refractivity contribution in [1.29, 1.82) is 0 Å². The number of aromatic nitrogens is 3. The van der Waals surface area contributed by atoms with Gasteiger partial charge in [0.25, 0.3) is 5.91 Å². The molecule has 0 fully saturated rings. The van der Waals surface area contributed by atoms with Crippen LogP contribution in [0.4, 0.5) is 5.13 Å². The lowest BCUT2D eigenvalue weighted by atomic mass is 10.3. The van der Waals surface area contributed by atoms with E-state index in [2.05, 4.69) is 20.3 Å². The highest BCUT2D eigenvalue weighted by atomic mass is 32.1. The van der Waals surface area contributed by atoms with Gasteiger partial charge in [-0.25, -0.2) is 4.98 Å². The Bertz CT molecular complexity index is 779. The van der Waals surface area contributed by atoms with E-state index in [9.17, 15) is 4.79 Å². The highest BCUT2D eigenvalue weighted by molar-refractivity contribution is 7.22. The van der Waals surface area contributed by atoms with Crippen LogP contribution >= 0.6 is 11.3 Å². The van der Waals surface area contributed by atoms with E-state index in [0.29, 0.717) is 5.13 Å². The molecular weight excluding hydrogens is 304 g/mol. The average molecular weight is 316 g/mol. The molecule has 0 bridgehead atoms. The highest BCUT2D eigenvalue weighted by Gasteiger charge is 2.14. The zero-order valence-electron chi connectivity index (χ0n) is 11.9. The Hall–Kier alpha value is -2.74. The van der Waals surface area contributed by atoms with Crippen molar-refractivity contribution in [2.24, 2.45) is 0 Å². The first-order chi connectivity index (χ1) is 10.7. The second-order valence-electron chi connectivity index (χ2n) is 4.22. The van der Waals surface area contributed by atoms with Gasteiger partial charge in [0.05, 0.1) is 24.4 Å². The lowest BCUT2D eigenvalue weighted by Crippen LogP contribution is -2.14. The normalized spacial score (nSPS) is 10.5. The molecule has 8 heteroatoms. The van der Waals surface area contributed by atoms with Crippen LogP contribution < -0.4 is 14.8 Å². The number of fused-ring (bicyclic) bond motifs is 1. The monoisotopic (exact) mass is 316 g/mol. The molecule has 0 radical (unpaired) electrons. The molecular formula is C14H12N4O3S. The average Bonchev–Trinajstić information content (AvgIpc) is 2.96. The zero-order chi connectivity index (χ0) is 15.5. The summed E-state index contributed by atoms with van der Waals surface area (Å²) in [6.45, 7) is 0. The molecule has 0 aliphatic heterocycles. The number of anilines is 1. The SMILES string of the molecule is COc1cc(C(=O)Nc2nc3ccccc3s2)nc(OC)n1. The number of nitrogens with zero attached hydrogens (tertiary/aromatic N) is 3. The van der Waals surface area contributed by atoms with Gasteiger partial charge in [0.1, 0.15) is 5.69 Å². The van der Waals surface area contributed by atoms with Gasteiger partial charge in [-0.05, 0) is 12.1 Å². The lowest BCUT2D eigenvalue weighted by Gasteiger charge is -2.05. The summed E-state index contributed by atoms with van der Waals surface area (Å²) in [4.78, 5) is 24.6. The molecule has 112 valence electrons. The molecule has 0 unspecified atom stereocenters. The van der Waals surface area contributed by atoms with Crippen molar-refractivity contribution in [3.63, 3.8) is 0 Å². The largest absolute Gasteiger partial charge is 0.481 e. The first-order valence-electron chi connectivity index (χ1n) is 6.33. The molecule has 0 aliphatic carbocycles. The number of nitrogens with one attached hydrogen (secondary N) is 1. The molecule has 3 rings (SSSR count). The van der Waals surface area contributed by atoms with Crippen LogP contribution in [0.15, 0.2) is 30.3 Å². The predicted octanol–water partition coefficient (Wildman–Crippen LogP) is 2.36. The molecule has 1 amide bonds. The fourth-order valence-corrected chi connectivity index (χ4v) is 2.66. The summed E-state index contributed by atoms with van der Waals surface area (Å²) in [5.41, 5.74) is 0.976. The van der Waals surface area contributed by atoms with Crippen molar-refractivity contribution in [2.45, 2.75) is 0 Å². The van der Waals surface area contributed by atoms with Gasteiger partial charge in [0.2, 0.25) is 5.88 Å². The van der Waals surface area contributed by atoms with Gasteiger partial charge in [-0.15, -0.1) is 0 Å². The van der Waals surface area contributed by atoms with Gasteiger partial charge in [-0.2, -0.15) is 9.97 Å². The summed E-state index contributed by atoms with van der Waals surface area (Å²) in [7, 11) is 2.88. The van der Waals surface area contributed by atoms with Crippen LogP contribution in [0.5, 0.6) is 11.9 Å². The van der Waals surface area contributed by atoms with Crippen molar-refractivity contribution in [1.82, 2.24) is 15.0 Å². The van der Waals surface area contributed by atoms with Crippen molar-refractivity contribution in [3.05, 3.63) is 36.0 Å². The standard InChI is InChI=1S/C14H12N4O3S/c1-20-11-7-9(15-13(17-11)21-2)12(19)18-14-16-8-5-3-4-6-10(8)22-14/h3-7H,1-2H3,(H,16,18,19). The Morgan fingerprint density at radius 1 is 1.14 bits per heavy atom. The van der Waals surface area contributed by atoms with Gasteiger partial charge in [-0.1, -0.05) is 23.5 Å². The summed E-state index contributed by atoms with van der Waals surface area (Å²) >= 11 is 1.39. The Labute approximate surface area is 130 Å². The van der Waals surface area contributed by atoms with E-state index < -0.39 is 5.91 Å². The molecule has 0 spiro atoms. The van der Waals surface area contributed by atoms with Crippen molar-refractivity contribution in [2.75, 3.05) is 19.5 Å². The number of hydrogen-bond donors (Lipinski definition) is 1. The van der Waals surface area contributed by atoms with Gasteiger partial charge < -0.3 is 9.47 Å². The Morgan fingerprint density at radius 3 is 2.68 bits per heavy atom. The summed E-state index contributed by atoms with van der Waals surface area (Å²) in [5, 5.41) is 3.22. The molecule has 0 saturated carbocycles. The van der Waals surface area contributed by atoms with Gasteiger partial charge in [0.15, 0.2) is 5.13 Å². The Morgan fingerprint density at radius 2 is 1.95 bits per heavy atom. The smallest absolute Gasteiger partial charge is 0.320 e. The predicted molar refractivity (Wildman–Crippen MR) is 82.7 cm³/mol. The molecule has 22 heavy (non-hydrogen) atoms. The minimum absolute atomic E-state index is 0.0637. The number of methoxy groups -OCH3 is 2. The van der Waals surface area contributed by atoms with E-state index in [1.807, 2.05) is 24.3 Å². The third-order valence-electron chi connectivity index (χ3n) is 2.82. The summed E-state index contributed by atoms with van der Waals surface area (Å²) in [6, 6.07) is 9.15. The first-order valence-corrected chi connectivity index (χ1v) is 7.15. The van der Waals surface area contributed by atoms with E-state index in [-0.39, 0.29) is 17.6 Å². The topological polar surface area (TPSA) is 86.2 Å². The zero-order valence-corrected chi connectivity index (χ0v) is 12.7. The first kappa shape index (κ1) is 14.2. The number of amides is 1. The third kappa shape index (κ3) is 2.82. The van der Waals surface area contributed by atoms with E-state index in [0.717, 1.165) is 10.2 Å². The Balaban J connectivity index is 1.87. The second kappa shape index (κ2) is 5.94. The number of benzene rings is 1. The second-order valence-corrected chi connectivity index (χ2v) is 5.25. The minimum atomic E-state index is -0.405. The lowest BCUT2D eigenvalue weighted by molar-refractivity contribution is 0.102. The van der Waals surface area contributed by atoms with Gasteiger partial charge >= 0.3 is 6.01 Å². The van der Waals surface area contributed by atoms with Crippen LogP contribution in [0.3, 0.4) is 0 Å². The van der Waals surface area contributed by atoms with E-state index in [4.69, 9.17) is 9.47 Å². The number of rotatable bonds is 4. The number of carbonyl (C=O) groups is 1. The third-order valence-corrected chi connectivity index (χ3v) is 3.77. The molecule has 3 aromatic rings. The molecule has 2 heterocycles. The van der Waals surface area contributed by atoms with Crippen molar-refractivity contribution < 1.29 is 14.3 Å². The maximum Gasteiger partial charge on any atom is 0.320 e. The maximum atomic E-state index is 12.3. The van der Waals surface area contributed by atoms with Crippen LogP contribution in [-0.4, -0.2) is 35.1 Å². The molecule has 0 aliphatic rings. The maximum absolute atomic E-state index is 12.3. The van der Waals surface area contributed by atoms with Crippen LogP contribution in [0, 0.1) is 0 Å². The fraction of sp³-hybridized carbons (Fsp3) is 0.143. The minimum Gasteiger partial charge on any atom is -0.481 e. The van der Waals surface area contributed by atoms with Crippen LogP contribution in [0.2, 0.25) is 0 Å². The van der Waals surface area contributed by atoms with Crippen LogP contribution in [-0.2, 0) is 0 Å². The van der Waals surface area contributed by atoms with E-state index in [1.165, 1.54) is 31.6 Å². The van der Waals surface area contributed by atoms with E-state index in [1.54, 1.807) is 0 Å². The number of para-hydroxylation sites is 1. The highest BCUT2D eigenvalue weighted by Crippen LogP contribution is 2.26. The summed E-state index contributed by atoms with van der Waals surface area (Å²) < 4.78 is 11.0. The van der Waals surface area contributed by atoms with Gasteiger partial charge in [0, 0.05) is 6.07 Å². The number of carbonyl (C=O) groups excluding carboxylic acids is 1. The number of hydrogen-bond acceptors (Lipinski definition) is 7. The van der Waals surface area contributed by atoms with Crippen molar-refractivity contribution in [3.8, 4) is 11.9 Å². The van der Waals surface area contributed by atoms with Crippen molar-refractivity contribution >= 4 is 32.6 Å².